The second-order valence-corrected chi connectivity index (χ2v) is 10.5. The van der Waals surface area contributed by atoms with E-state index in [0.717, 1.165) is 11.2 Å². The van der Waals surface area contributed by atoms with Crippen LogP contribution in [0, 0.1) is 13.8 Å². The molecular weight excluding hydrogens is 386 g/mol. The third kappa shape index (κ3) is 2.80. The van der Waals surface area contributed by atoms with E-state index in [1.165, 1.54) is 64.5 Å². The molecule has 32 heavy (non-hydrogen) atoms. The molecule has 1 saturated carbocycles. The van der Waals surface area contributed by atoms with Crippen LogP contribution in [0.1, 0.15) is 73.3 Å². The Morgan fingerprint density at radius 2 is 1.53 bits per heavy atom. The summed E-state index contributed by atoms with van der Waals surface area (Å²) in [6, 6.07) is 22.6. The van der Waals surface area contributed by atoms with Gasteiger partial charge in [-0.3, -0.25) is 0 Å². The predicted molar refractivity (Wildman–Crippen MR) is 135 cm³/mol. The molecular formula is C31H31N. The Morgan fingerprint density at radius 1 is 0.812 bits per heavy atom. The van der Waals surface area contributed by atoms with Crippen molar-refractivity contribution >= 4 is 10.9 Å². The topological polar surface area (TPSA) is 12.9 Å². The minimum Gasteiger partial charge on any atom is -0.247 e. The lowest BCUT2D eigenvalue weighted by molar-refractivity contribution is 0.625. The fourth-order valence-corrected chi connectivity index (χ4v) is 6.60. The second-order valence-electron chi connectivity index (χ2n) is 10.5. The molecule has 1 heteroatoms. The van der Waals surface area contributed by atoms with Gasteiger partial charge in [0.25, 0.3) is 0 Å². The first-order valence-electron chi connectivity index (χ1n) is 12.1. The molecule has 6 rings (SSSR count). The number of fused-ring (bicyclic) bond motifs is 5. The van der Waals surface area contributed by atoms with Crippen molar-refractivity contribution in [2.24, 2.45) is 0 Å². The molecule has 1 nitrogen and oxygen atoms in total. The number of aromatic nitrogens is 1. The van der Waals surface area contributed by atoms with Gasteiger partial charge in [-0.1, -0.05) is 80.3 Å². The van der Waals surface area contributed by atoms with Gasteiger partial charge in [-0.25, -0.2) is 4.98 Å². The molecule has 2 aliphatic carbocycles. The number of rotatable bonds is 2. The molecule has 2 aliphatic rings. The fraction of sp³-hybridized carbons (Fsp3) is 0.323. The van der Waals surface area contributed by atoms with Crippen LogP contribution in [0.2, 0.25) is 0 Å². The first kappa shape index (κ1) is 19.7. The summed E-state index contributed by atoms with van der Waals surface area (Å²) in [4.78, 5) is 5.31. The number of hydrogen-bond acceptors (Lipinski definition) is 1. The van der Waals surface area contributed by atoms with Gasteiger partial charge in [0.15, 0.2) is 0 Å². The van der Waals surface area contributed by atoms with Crippen LogP contribution in [-0.4, -0.2) is 4.98 Å². The van der Waals surface area contributed by atoms with Gasteiger partial charge in [0.1, 0.15) is 0 Å². The van der Waals surface area contributed by atoms with Gasteiger partial charge < -0.3 is 0 Å². The highest BCUT2D eigenvalue weighted by Gasteiger charge is 2.42. The molecule has 0 unspecified atom stereocenters. The number of para-hydroxylation sites is 1. The molecule has 1 heterocycles. The molecule has 0 saturated heterocycles. The van der Waals surface area contributed by atoms with Crippen molar-refractivity contribution in [3.05, 3.63) is 88.5 Å². The maximum atomic E-state index is 5.31. The van der Waals surface area contributed by atoms with E-state index >= 15 is 0 Å². The monoisotopic (exact) mass is 417 g/mol. The zero-order valence-electron chi connectivity index (χ0n) is 19.6. The van der Waals surface area contributed by atoms with Crippen molar-refractivity contribution in [2.45, 2.75) is 64.7 Å². The van der Waals surface area contributed by atoms with Crippen molar-refractivity contribution in [3.63, 3.8) is 0 Å². The lowest BCUT2D eigenvalue weighted by Gasteiger charge is -2.28. The van der Waals surface area contributed by atoms with Crippen molar-refractivity contribution in [1.82, 2.24) is 4.98 Å². The Morgan fingerprint density at radius 3 is 2.28 bits per heavy atom. The van der Waals surface area contributed by atoms with Gasteiger partial charge in [-0.2, -0.15) is 0 Å². The third-order valence-corrected chi connectivity index (χ3v) is 7.80. The number of hydrogen-bond donors (Lipinski definition) is 0. The van der Waals surface area contributed by atoms with Gasteiger partial charge in [0.05, 0.1) is 11.2 Å². The Labute approximate surface area is 191 Å². The Hall–Kier alpha value is -2.93. The molecule has 3 aromatic carbocycles. The van der Waals surface area contributed by atoms with Crippen LogP contribution < -0.4 is 0 Å². The largest absolute Gasteiger partial charge is 0.247 e. The molecule has 1 aromatic heterocycles. The minimum absolute atomic E-state index is 0.0755. The maximum absolute atomic E-state index is 5.31. The zero-order chi connectivity index (χ0) is 22.0. The molecule has 0 N–H and O–H groups in total. The van der Waals surface area contributed by atoms with Crippen molar-refractivity contribution in [2.75, 3.05) is 0 Å². The van der Waals surface area contributed by atoms with E-state index in [2.05, 4.69) is 88.4 Å². The second kappa shape index (κ2) is 7.04. The van der Waals surface area contributed by atoms with Crippen LogP contribution in [0.5, 0.6) is 0 Å². The molecule has 160 valence electrons. The normalized spacial score (nSPS) is 17.0. The number of nitrogens with zero attached hydrogens (tertiary/aromatic N) is 1. The van der Waals surface area contributed by atoms with Gasteiger partial charge in [-0.05, 0) is 78.6 Å². The molecule has 4 aromatic rings. The first-order valence-corrected chi connectivity index (χ1v) is 12.1. The zero-order valence-corrected chi connectivity index (χ0v) is 19.6. The van der Waals surface area contributed by atoms with Crippen LogP contribution in [0.3, 0.4) is 0 Å². The third-order valence-electron chi connectivity index (χ3n) is 7.80. The van der Waals surface area contributed by atoms with Crippen molar-refractivity contribution in [3.8, 4) is 22.4 Å². The fourth-order valence-electron chi connectivity index (χ4n) is 6.60. The molecule has 0 atom stereocenters. The van der Waals surface area contributed by atoms with Crippen LogP contribution in [0.15, 0.2) is 60.7 Å². The minimum atomic E-state index is -0.0755. The Kier molecular flexibility index (Phi) is 4.34. The maximum Gasteiger partial charge on any atom is 0.0756 e. The highest BCUT2D eigenvalue weighted by Crippen LogP contribution is 2.56. The van der Waals surface area contributed by atoms with E-state index in [4.69, 9.17) is 4.98 Å². The van der Waals surface area contributed by atoms with E-state index in [-0.39, 0.29) is 5.41 Å². The van der Waals surface area contributed by atoms with Gasteiger partial charge in [0.2, 0.25) is 0 Å². The van der Waals surface area contributed by atoms with Crippen LogP contribution >= 0.6 is 0 Å². The summed E-state index contributed by atoms with van der Waals surface area (Å²) in [6.07, 6.45) is 5.37. The van der Waals surface area contributed by atoms with E-state index in [1.54, 1.807) is 11.1 Å². The van der Waals surface area contributed by atoms with Gasteiger partial charge >= 0.3 is 0 Å². The molecule has 0 amide bonds. The number of benzene rings is 3. The van der Waals surface area contributed by atoms with Crippen LogP contribution in [-0.2, 0) is 5.41 Å². The van der Waals surface area contributed by atoms with Crippen LogP contribution in [0.4, 0.5) is 0 Å². The van der Waals surface area contributed by atoms with E-state index in [1.807, 2.05) is 0 Å². The smallest absolute Gasteiger partial charge is 0.0756 e. The van der Waals surface area contributed by atoms with E-state index < -0.39 is 0 Å². The summed E-state index contributed by atoms with van der Waals surface area (Å²) < 4.78 is 0. The number of aryl methyl sites for hydroxylation is 2. The summed E-state index contributed by atoms with van der Waals surface area (Å²) in [5.74, 6) is 0.697. The number of pyridine rings is 1. The Bertz CT molecular complexity index is 1350. The summed E-state index contributed by atoms with van der Waals surface area (Å²) in [6.45, 7) is 9.24. The first-order chi connectivity index (χ1) is 15.4. The molecule has 0 aliphatic heterocycles. The highest BCUT2D eigenvalue weighted by atomic mass is 14.7. The molecule has 0 radical (unpaired) electrons. The average molecular weight is 418 g/mol. The highest BCUT2D eigenvalue weighted by molar-refractivity contribution is 6.04. The molecule has 1 fully saturated rings. The van der Waals surface area contributed by atoms with Crippen molar-refractivity contribution < 1.29 is 0 Å². The SMILES string of the molecule is Cc1cc(C)cc(-c2nc3ccccc3c3c2C(C)(C)c2c-3cccc2C2CCCC2)c1. The quantitative estimate of drug-likeness (QED) is 0.319. The predicted octanol–water partition coefficient (Wildman–Crippen LogP) is 8.48. The van der Waals surface area contributed by atoms with Gasteiger partial charge in [0, 0.05) is 16.4 Å². The van der Waals surface area contributed by atoms with E-state index in [9.17, 15) is 0 Å². The summed E-state index contributed by atoms with van der Waals surface area (Å²) in [7, 11) is 0. The standard InChI is InChI=1S/C31H31N/c1-19-16-20(2)18-22(17-19)30-29-27(24-12-7-8-15-26(24)32-30)25-14-9-13-23(21-10-5-6-11-21)28(25)31(29,3)4/h7-9,12-18,21H,5-6,10-11H2,1-4H3. The Balaban J connectivity index is 1.73. The van der Waals surface area contributed by atoms with Crippen LogP contribution in [0.25, 0.3) is 33.3 Å². The van der Waals surface area contributed by atoms with Gasteiger partial charge in [-0.15, -0.1) is 0 Å². The van der Waals surface area contributed by atoms with Crippen molar-refractivity contribution in [1.29, 1.82) is 0 Å². The molecule has 0 bridgehead atoms. The lowest BCUT2D eigenvalue weighted by atomic mass is 9.76. The summed E-state index contributed by atoms with van der Waals surface area (Å²) in [5.41, 5.74) is 13.4. The lowest BCUT2D eigenvalue weighted by Crippen LogP contribution is -2.20. The summed E-state index contributed by atoms with van der Waals surface area (Å²) in [5, 5.41) is 1.28. The van der Waals surface area contributed by atoms with E-state index in [0.29, 0.717) is 5.92 Å². The summed E-state index contributed by atoms with van der Waals surface area (Å²) >= 11 is 0. The average Bonchev–Trinajstić information content (AvgIpc) is 3.38. The molecule has 0 spiro atoms.